The molecule has 2 heterocycles. The van der Waals surface area contributed by atoms with Crippen LogP contribution in [0.3, 0.4) is 0 Å². The van der Waals surface area contributed by atoms with Gasteiger partial charge in [-0.05, 0) is 37.1 Å². The van der Waals surface area contributed by atoms with E-state index in [2.05, 4.69) is 9.98 Å². The number of nitrogens with two attached hydrogens (primary N) is 1. The lowest BCUT2D eigenvalue weighted by molar-refractivity contribution is 0.413. The summed E-state index contributed by atoms with van der Waals surface area (Å²) in [4.78, 5) is 8.84. The van der Waals surface area contributed by atoms with Crippen LogP contribution in [-0.2, 0) is 0 Å². The Hall–Kier alpha value is -3.45. The molecule has 0 saturated heterocycles. The summed E-state index contributed by atoms with van der Waals surface area (Å²) in [5, 5.41) is 4.84. The molecule has 0 saturated carbocycles. The predicted octanol–water partition coefficient (Wildman–Crippen LogP) is 3.12. The fourth-order valence-electron chi connectivity index (χ4n) is 3.40. The van der Waals surface area contributed by atoms with Gasteiger partial charge in [-0.3, -0.25) is 0 Å². The van der Waals surface area contributed by atoms with Crippen LogP contribution in [0.15, 0.2) is 65.1 Å². The van der Waals surface area contributed by atoms with Gasteiger partial charge in [0, 0.05) is 23.4 Å². The van der Waals surface area contributed by atoms with Crippen molar-refractivity contribution in [3.05, 3.63) is 71.8 Å². The Kier molecular flexibility index (Phi) is 4.24. The second-order valence-electron chi connectivity index (χ2n) is 6.95. The molecule has 2 aromatic carbocycles. The van der Waals surface area contributed by atoms with E-state index in [1.54, 1.807) is 13.4 Å². The van der Waals surface area contributed by atoms with Gasteiger partial charge in [0.2, 0.25) is 5.84 Å². The Morgan fingerprint density at radius 3 is 2.57 bits per heavy atom. The molecule has 0 spiro atoms. The number of methoxy groups -OCH3 is 1. The molecule has 4 rings (SSSR count). The van der Waals surface area contributed by atoms with E-state index in [4.69, 9.17) is 15.6 Å². The normalized spacial score (nSPS) is 18.7. The SMILES string of the molecule is COc1cc(C2=N[N+](C)(c3ccccc3C)C(N)=N2)ccc1-n1cnc(C)c1. The third-order valence-corrected chi connectivity index (χ3v) is 4.97. The number of amidine groups is 1. The summed E-state index contributed by atoms with van der Waals surface area (Å²) in [5.41, 5.74) is 11.1. The van der Waals surface area contributed by atoms with Gasteiger partial charge in [-0.15, -0.1) is 4.59 Å². The Bertz CT molecular complexity index is 1110. The molecule has 2 N–H and O–H groups in total. The van der Waals surface area contributed by atoms with E-state index in [1.165, 1.54) is 0 Å². The van der Waals surface area contributed by atoms with Gasteiger partial charge in [-0.25, -0.2) is 4.98 Å². The minimum atomic E-state index is 0.104. The van der Waals surface area contributed by atoms with Crippen molar-refractivity contribution >= 4 is 17.5 Å². The van der Waals surface area contributed by atoms with E-state index in [-0.39, 0.29) is 4.59 Å². The summed E-state index contributed by atoms with van der Waals surface area (Å²) in [5.74, 6) is 1.72. The molecule has 7 nitrogen and oxygen atoms in total. The lowest BCUT2D eigenvalue weighted by atomic mass is 10.1. The molecule has 0 aliphatic carbocycles. The molecule has 1 aromatic heterocycles. The Morgan fingerprint density at radius 1 is 1.11 bits per heavy atom. The molecular formula is C21H23N6O+. The van der Waals surface area contributed by atoms with Gasteiger partial charge >= 0.3 is 5.96 Å². The van der Waals surface area contributed by atoms with Crippen molar-refractivity contribution in [2.75, 3.05) is 14.2 Å². The van der Waals surface area contributed by atoms with E-state index >= 15 is 0 Å². The van der Waals surface area contributed by atoms with Crippen LogP contribution in [0.1, 0.15) is 16.8 Å². The number of nitrogens with zero attached hydrogens (tertiary/aromatic N) is 5. The number of hydrogen-bond donors (Lipinski definition) is 1. The molecule has 1 aliphatic rings. The Balaban J connectivity index is 1.77. The fraction of sp³-hybridized carbons (Fsp3) is 0.190. The maximum Gasteiger partial charge on any atom is 0.334 e. The van der Waals surface area contributed by atoms with Gasteiger partial charge in [0.15, 0.2) is 5.69 Å². The van der Waals surface area contributed by atoms with Crippen molar-refractivity contribution in [2.24, 2.45) is 15.8 Å². The maximum absolute atomic E-state index is 6.30. The van der Waals surface area contributed by atoms with E-state index in [0.717, 1.165) is 28.2 Å². The van der Waals surface area contributed by atoms with E-state index in [0.29, 0.717) is 17.5 Å². The van der Waals surface area contributed by atoms with E-state index in [9.17, 15) is 0 Å². The van der Waals surface area contributed by atoms with E-state index in [1.807, 2.05) is 74.1 Å². The molecule has 142 valence electrons. The first-order valence-electron chi connectivity index (χ1n) is 8.99. The molecule has 0 amide bonds. The van der Waals surface area contributed by atoms with Crippen molar-refractivity contribution in [3.63, 3.8) is 0 Å². The van der Waals surface area contributed by atoms with Crippen molar-refractivity contribution in [3.8, 4) is 11.4 Å². The number of ether oxygens (including phenoxy) is 1. The largest absolute Gasteiger partial charge is 0.495 e. The maximum atomic E-state index is 6.30. The van der Waals surface area contributed by atoms with Crippen molar-refractivity contribution in [2.45, 2.75) is 13.8 Å². The van der Waals surface area contributed by atoms with Gasteiger partial charge in [0.25, 0.3) is 0 Å². The number of aliphatic imine (C=N–C) groups is 1. The zero-order chi connectivity index (χ0) is 19.9. The van der Waals surface area contributed by atoms with Crippen LogP contribution in [-0.4, -0.2) is 35.5 Å². The van der Waals surface area contributed by atoms with Gasteiger partial charge in [-0.1, -0.05) is 18.2 Å². The standard InChI is InChI=1S/C21H23N6O/c1-14-7-5-6-8-18(14)27(3)21(22)24-20(25-27)16-9-10-17(19(11-16)28-4)26-12-15(2)23-13-26/h5-13H,1-4H3,(H2,22,24,25)/q+1. The highest BCUT2D eigenvalue weighted by Crippen LogP contribution is 2.31. The highest BCUT2D eigenvalue weighted by Gasteiger charge is 2.39. The van der Waals surface area contributed by atoms with Crippen LogP contribution in [0.2, 0.25) is 0 Å². The number of rotatable bonds is 4. The highest BCUT2D eigenvalue weighted by molar-refractivity contribution is 6.12. The molecular weight excluding hydrogens is 352 g/mol. The monoisotopic (exact) mass is 375 g/mol. The zero-order valence-corrected chi connectivity index (χ0v) is 16.4. The Labute approximate surface area is 164 Å². The molecule has 0 bridgehead atoms. The summed E-state index contributed by atoms with van der Waals surface area (Å²) in [6.07, 6.45) is 3.72. The second kappa shape index (κ2) is 6.61. The molecule has 28 heavy (non-hydrogen) atoms. The first-order valence-corrected chi connectivity index (χ1v) is 8.99. The number of quaternary nitrogens is 1. The van der Waals surface area contributed by atoms with Crippen LogP contribution in [0.4, 0.5) is 5.69 Å². The van der Waals surface area contributed by atoms with Gasteiger partial charge < -0.3 is 15.0 Å². The molecule has 0 radical (unpaired) electrons. The number of para-hydroxylation sites is 1. The van der Waals surface area contributed by atoms with Crippen LogP contribution in [0, 0.1) is 13.8 Å². The first kappa shape index (κ1) is 17.9. The predicted molar refractivity (Wildman–Crippen MR) is 112 cm³/mol. The summed E-state index contributed by atoms with van der Waals surface area (Å²) in [7, 11) is 3.59. The van der Waals surface area contributed by atoms with Crippen molar-refractivity contribution in [1.29, 1.82) is 0 Å². The number of aromatic nitrogens is 2. The fourth-order valence-corrected chi connectivity index (χ4v) is 3.40. The second-order valence-corrected chi connectivity index (χ2v) is 6.95. The summed E-state index contributed by atoms with van der Waals surface area (Å²) in [6, 6.07) is 13.9. The van der Waals surface area contributed by atoms with Gasteiger partial charge in [0.05, 0.1) is 24.8 Å². The first-order chi connectivity index (χ1) is 13.4. The third-order valence-electron chi connectivity index (χ3n) is 4.97. The molecule has 3 aromatic rings. The average molecular weight is 375 g/mol. The smallest absolute Gasteiger partial charge is 0.334 e. The molecule has 1 unspecified atom stereocenters. The van der Waals surface area contributed by atoms with Gasteiger partial charge in [-0.2, -0.15) is 4.99 Å². The number of aryl methyl sites for hydroxylation is 2. The average Bonchev–Trinajstić information content (AvgIpc) is 3.25. The minimum absolute atomic E-state index is 0.104. The summed E-state index contributed by atoms with van der Waals surface area (Å²) < 4.78 is 7.64. The van der Waals surface area contributed by atoms with Crippen molar-refractivity contribution < 1.29 is 4.74 Å². The third kappa shape index (κ3) is 2.86. The number of imidazole rings is 1. The van der Waals surface area contributed by atoms with E-state index < -0.39 is 0 Å². The van der Waals surface area contributed by atoms with Gasteiger partial charge in [0.1, 0.15) is 12.8 Å². The topological polar surface area (TPSA) is 77.8 Å². The molecule has 1 atom stereocenters. The number of hydrogen-bond acceptors (Lipinski definition) is 5. The van der Waals surface area contributed by atoms with Crippen LogP contribution >= 0.6 is 0 Å². The quantitative estimate of drug-likeness (QED) is 0.712. The summed E-state index contributed by atoms with van der Waals surface area (Å²) >= 11 is 0. The Morgan fingerprint density at radius 2 is 1.89 bits per heavy atom. The minimum Gasteiger partial charge on any atom is -0.495 e. The van der Waals surface area contributed by atoms with Crippen LogP contribution in [0.5, 0.6) is 5.75 Å². The van der Waals surface area contributed by atoms with Crippen LogP contribution < -0.4 is 15.1 Å². The number of guanidine groups is 1. The van der Waals surface area contributed by atoms with Crippen LogP contribution in [0.25, 0.3) is 5.69 Å². The summed E-state index contributed by atoms with van der Waals surface area (Å²) in [6.45, 7) is 4.00. The molecule has 0 fully saturated rings. The lowest BCUT2D eigenvalue weighted by Crippen LogP contribution is -2.48. The zero-order valence-electron chi connectivity index (χ0n) is 16.4. The van der Waals surface area contributed by atoms with Crippen molar-refractivity contribution in [1.82, 2.24) is 14.1 Å². The highest BCUT2D eigenvalue weighted by atomic mass is 16.5. The molecule has 7 heteroatoms. The lowest BCUT2D eigenvalue weighted by Gasteiger charge is -2.22. The molecule has 1 aliphatic heterocycles. The number of benzene rings is 2.